The van der Waals surface area contributed by atoms with Crippen LogP contribution in [0.4, 0.5) is 0 Å². The predicted octanol–water partition coefficient (Wildman–Crippen LogP) is 1.04. The zero-order valence-electron chi connectivity index (χ0n) is 4.77. The van der Waals surface area contributed by atoms with Gasteiger partial charge in [-0.1, -0.05) is 5.57 Å². The summed E-state index contributed by atoms with van der Waals surface area (Å²) in [4.78, 5) is 13.0. The summed E-state index contributed by atoms with van der Waals surface area (Å²) >= 11 is 0. The predicted molar refractivity (Wildman–Crippen MR) is 30.3 cm³/mol. The van der Waals surface area contributed by atoms with Crippen molar-refractivity contribution in [3.63, 3.8) is 0 Å². The van der Waals surface area contributed by atoms with E-state index in [2.05, 4.69) is 11.9 Å². The number of hydrogen-bond acceptors (Lipinski definition) is 2. The van der Waals surface area contributed by atoms with Crippen LogP contribution in [0.15, 0.2) is 16.1 Å². The molecule has 0 N–H and O–H groups in total. The minimum atomic E-state index is 0.579. The molecule has 1 rings (SSSR count). The number of aliphatic imine (C=N–C) groups is 1. The zero-order valence-corrected chi connectivity index (χ0v) is 4.77. The summed E-state index contributed by atoms with van der Waals surface area (Å²) in [6, 6.07) is 0. The summed E-state index contributed by atoms with van der Waals surface area (Å²) in [6.45, 7) is 2.63. The van der Waals surface area contributed by atoms with E-state index in [1.807, 2.05) is 0 Å². The maximum Gasteiger partial charge on any atom is 0.235 e. The Morgan fingerprint density at radius 1 is 1.88 bits per heavy atom. The molecule has 1 aliphatic carbocycles. The molecular formula is C6H7NO. The summed E-state index contributed by atoms with van der Waals surface area (Å²) < 4.78 is 0. The third-order valence-corrected chi connectivity index (χ3v) is 1.29. The van der Waals surface area contributed by atoms with Crippen molar-refractivity contribution in [2.75, 3.05) is 6.54 Å². The first-order valence-electron chi connectivity index (χ1n) is 2.55. The number of nitrogens with zero attached hydrogens (tertiary/aromatic N) is 1. The molecule has 2 nitrogen and oxygen atoms in total. The van der Waals surface area contributed by atoms with E-state index in [-0.39, 0.29) is 0 Å². The molecule has 0 radical (unpaired) electrons. The number of hydrogen-bond donors (Lipinski definition) is 0. The molecule has 0 aromatic carbocycles. The van der Waals surface area contributed by atoms with Crippen molar-refractivity contribution in [1.82, 2.24) is 0 Å². The van der Waals surface area contributed by atoms with Gasteiger partial charge in [-0.3, -0.25) is 0 Å². The van der Waals surface area contributed by atoms with Crippen molar-refractivity contribution in [3.05, 3.63) is 11.1 Å². The van der Waals surface area contributed by atoms with E-state index in [0.29, 0.717) is 6.54 Å². The average molecular weight is 109 g/mol. The molecule has 0 unspecified atom stereocenters. The van der Waals surface area contributed by atoms with Crippen molar-refractivity contribution < 1.29 is 4.79 Å². The summed E-state index contributed by atoms with van der Waals surface area (Å²) in [5.74, 6) is 0. The van der Waals surface area contributed by atoms with Gasteiger partial charge in [0, 0.05) is 0 Å². The molecule has 42 valence electrons. The monoisotopic (exact) mass is 109 g/mol. The fraction of sp³-hybridized carbons (Fsp3) is 0.500. The van der Waals surface area contributed by atoms with Crippen molar-refractivity contribution in [2.45, 2.75) is 13.3 Å². The SMILES string of the molecule is CC1=C(CN=C=O)C1. The molecule has 0 saturated heterocycles. The molecular weight excluding hydrogens is 102 g/mol. The van der Waals surface area contributed by atoms with E-state index >= 15 is 0 Å². The van der Waals surface area contributed by atoms with Gasteiger partial charge in [-0.2, -0.15) is 0 Å². The molecule has 8 heavy (non-hydrogen) atoms. The molecule has 0 heterocycles. The maximum atomic E-state index is 9.53. The van der Waals surface area contributed by atoms with E-state index in [1.54, 1.807) is 0 Å². The van der Waals surface area contributed by atoms with Gasteiger partial charge in [-0.15, -0.1) is 0 Å². The molecule has 1 aliphatic rings. The second-order valence-electron chi connectivity index (χ2n) is 1.97. The largest absolute Gasteiger partial charge is 0.235 e. The quantitative estimate of drug-likeness (QED) is 0.296. The Hall–Kier alpha value is -0.880. The fourth-order valence-electron chi connectivity index (χ4n) is 0.594. The van der Waals surface area contributed by atoms with Gasteiger partial charge in [-0.05, 0) is 18.9 Å². The van der Waals surface area contributed by atoms with Gasteiger partial charge in [0.15, 0.2) is 0 Å². The van der Waals surface area contributed by atoms with E-state index in [0.717, 1.165) is 6.42 Å². The van der Waals surface area contributed by atoms with Crippen LogP contribution in [-0.2, 0) is 4.79 Å². The molecule has 0 aliphatic heterocycles. The molecule has 0 atom stereocenters. The van der Waals surface area contributed by atoms with Crippen LogP contribution in [0.1, 0.15) is 13.3 Å². The average Bonchev–Trinajstić information content (AvgIpc) is 2.42. The van der Waals surface area contributed by atoms with Crippen LogP contribution in [0.3, 0.4) is 0 Å². The normalized spacial score (nSPS) is 15.6. The second-order valence-corrected chi connectivity index (χ2v) is 1.97. The second kappa shape index (κ2) is 1.93. The van der Waals surface area contributed by atoms with Crippen LogP contribution in [0.5, 0.6) is 0 Å². The third-order valence-electron chi connectivity index (χ3n) is 1.29. The topological polar surface area (TPSA) is 29.4 Å². The summed E-state index contributed by atoms with van der Waals surface area (Å²) in [7, 11) is 0. The first kappa shape index (κ1) is 5.26. The molecule has 0 aromatic rings. The first-order valence-corrected chi connectivity index (χ1v) is 2.55. The molecule has 0 aromatic heterocycles. The lowest BCUT2D eigenvalue weighted by atomic mass is 10.5. The maximum absolute atomic E-state index is 9.53. The standard InChI is InChI=1S/C6H7NO/c1-5-2-6(5)3-7-4-8/h2-3H2,1H3. The Morgan fingerprint density at radius 2 is 2.50 bits per heavy atom. The smallest absolute Gasteiger partial charge is 0.211 e. The van der Waals surface area contributed by atoms with Crippen LogP contribution in [0.25, 0.3) is 0 Å². The lowest BCUT2D eigenvalue weighted by Gasteiger charge is -1.71. The summed E-state index contributed by atoms with van der Waals surface area (Å²) in [6.07, 6.45) is 2.58. The Bertz CT molecular complexity index is 175. The summed E-state index contributed by atoms with van der Waals surface area (Å²) in [5, 5.41) is 0. The van der Waals surface area contributed by atoms with Gasteiger partial charge in [0.25, 0.3) is 0 Å². The first-order chi connectivity index (χ1) is 3.84. The van der Waals surface area contributed by atoms with Gasteiger partial charge in [0.1, 0.15) is 0 Å². The van der Waals surface area contributed by atoms with Crippen LogP contribution < -0.4 is 0 Å². The van der Waals surface area contributed by atoms with Crippen molar-refractivity contribution in [3.8, 4) is 0 Å². The van der Waals surface area contributed by atoms with Crippen LogP contribution in [0, 0.1) is 0 Å². The highest BCUT2D eigenvalue weighted by molar-refractivity contribution is 5.39. The van der Waals surface area contributed by atoms with Crippen LogP contribution in [0.2, 0.25) is 0 Å². The highest BCUT2D eigenvalue weighted by Crippen LogP contribution is 2.29. The summed E-state index contributed by atoms with van der Waals surface area (Å²) in [5.41, 5.74) is 2.68. The van der Waals surface area contributed by atoms with E-state index in [4.69, 9.17) is 0 Å². The lowest BCUT2D eigenvalue weighted by molar-refractivity contribution is 0.563. The fourth-order valence-corrected chi connectivity index (χ4v) is 0.594. The highest BCUT2D eigenvalue weighted by atomic mass is 16.1. The number of isocyanates is 1. The van der Waals surface area contributed by atoms with Gasteiger partial charge in [0.2, 0.25) is 6.08 Å². The van der Waals surface area contributed by atoms with Gasteiger partial charge < -0.3 is 0 Å². The van der Waals surface area contributed by atoms with Gasteiger partial charge >= 0.3 is 0 Å². The van der Waals surface area contributed by atoms with Gasteiger partial charge in [-0.25, -0.2) is 9.79 Å². The molecule has 0 bridgehead atoms. The highest BCUT2D eigenvalue weighted by Gasteiger charge is 2.14. The number of rotatable bonds is 2. The Morgan fingerprint density at radius 3 is 2.88 bits per heavy atom. The van der Waals surface area contributed by atoms with Crippen LogP contribution in [-0.4, -0.2) is 12.6 Å². The van der Waals surface area contributed by atoms with E-state index in [1.165, 1.54) is 17.2 Å². The Kier molecular flexibility index (Phi) is 1.27. The number of allylic oxidation sites excluding steroid dienone is 1. The molecule has 0 saturated carbocycles. The zero-order chi connectivity index (χ0) is 5.98. The van der Waals surface area contributed by atoms with Crippen molar-refractivity contribution in [1.29, 1.82) is 0 Å². The minimum absolute atomic E-state index is 0.579. The van der Waals surface area contributed by atoms with E-state index in [9.17, 15) is 4.79 Å². The third kappa shape index (κ3) is 1.04. The Labute approximate surface area is 47.9 Å². The van der Waals surface area contributed by atoms with Crippen molar-refractivity contribution in [2.24, 2.45) is 4.99 Å². The Balaban J connectivity index is 2.33. The van der Waals surface area contributed by atoms with E-state index < -0.39 is 0 Å². The molecule has 0 fully saturated rings. The molecule has 0 amide bonds. The van der Waals surface area contributed by atoms with Crippen molar-refractivity contribution >= 4 is 6.08 Å². The molecule has 2 heteroatoms. The lowest BCUT2D eigenvalue weighted by Crippen LogP contribution is -1.69. The number of carbonyl (C=O) groups excluding carboxylic acids is 1. The van der Waals surface area contributed by atoms with Crippen LogP contribution >= 0.6 is 0 Å². The molecule has 0 spiro atoms. The minimum Gasteiger partial charge on any atom is -0.211 e. The van der Waals surface area contributed by atoms with Gasteiger partial charge in [0.05, 0.1) is 6.54 Å².